The summed E-state index contributed by atoms with van der Waals surface area (Å²) >= 11 is 8.33. The molecule has 0 radical (unpaired) electrons. The Morgan fingerprint density at radius 1 is 1.11 bits per heavy atom. The lowest BCUT2D eigenvalue weighted by Gasteiger charge is -2.21. The van der Waals surface area contributed by atoms with E-state index in [9.17, 15) is 10.1 Å². The van der Waals surface area contributed by atoms with Crippen LogP contribution in [0.5, 0.6) is 0 Å². The number of nitro groups is 1. The first-order valence-corrected chi connectivity index (χ1v) is 9.32. The number of nitrogens with one attached hydrogen (secondary N) is 1. The molecule has 0 heterocycles. The quantitative estimate of drug-likeness (QED) is 0.248. The minimum Gasteiger partial charge on any atom is -0.352 e. The van der Waals surface area contributed by atoms with Crippen molar-refractivity contribution in [2.75, 3.05) is 17.3 Å². The highest BCUT2D eigenvalue weighted by molar-refractivity contribution is 14.1. The summed E-state index contributed by atoms with van der Waals surface area (Å²) in [4.78, 5) is 12.3. The molecule has 8 heteroatoms. The zero-order valence-corrected chi connectivity index (χ0v) is 17.0. The minimum absolute atomic E-state index is 0.0986. The van der Waals surface area contributed by atoms with Crippen molar-refractivity contribution in [3.05, 3.63) is 85.2 Å². The van der Waals surface area contributed by atoms with Crippen LogP contribution in [0.3, 0.4) is 0 Å². The van der Waals surface area contributed by atoms with Gasteiger partial charge in [0.1, 0.15) is 0 Å². The number of anilines is 4. The molecule has 0 saturated heterocycles. The van der Waals surface area contributed by atoms with E-state index < -0.39 is 10.7 Å². The Hall–Kier alpha value is -2.39. The fourth-order valence-corrected chi connectivity index (χ4v) is 3.54. The third-order valence-electron chi connectivity index (χ3n) is 3.97. The van der Waals surface area contributed by atoms with Gasteiger partial charge in [-0.15, -0.1) is 0 Å². The zero-order valence-electron chi connectivity index (χ0n) is 14.1. The van der Waals surface area contributed by atoms with Gasteiger partial charge < -0.3 is 10.2 Å². The number of rotatable bonds is 5. The third kappa shape index (κ3) is 4.14. The second-order valence-electron chi connectivity index (χ2n) is 5.70. The van der Waals surface area contributed by atoms with Crippen LogP contribution in [-0.4, -0.2) is 12.0 Å². The van der Waals surface area contributed by atoms with Gasteiger partial charge in [-0.05, 0) is 59.0 Å². The summed E-state index contributed by atoms with van der Waals surface area (Å²) < 4.78 is 16.2. The van der Waals surface area contributed by atoms with Crippen LogP contribution in [-0.2, 0) is 0 Å². The van der Waals surface area contributed by atoms with Crippen LogP contribution in [0.1, 0.15) is 0 Å². The first kappa shape index (κ1) is 19.4. The molecular formula is C19H14ClFIN3O2. The summed E-state index contributed by atoms with van der Waals surface area (Å²) in [6.07, 6.45) is 0. The van der Waals surface area contributed by atoms with Crippen LogP contribution in [0.2, 0.25) is 5.02 Å². The molecule has 0 aromatic heterocycles. The SMILES string of the molecule is CN(c1ccccc1)c1c([N+](=O)[O-])ccc(Nc2ccc(I)cc2Cl)c1F. The van der Waals surface area contributed by atoms with E-state index in [0.29, 0.717) is 16.4 Å². The molecule has 0 amide bonds. The average molecular weight is 498 g/mol. The van der Waals surface area contributed by atoms with Crippen molar-refractivity contribution >= 4 is 62.6 Å². The molecule has 0 fully saturated rings. The molecule has 0 unspecified atom stereocenters. The van der Waals surface area contributed by atoms with Crippen LogP contribution in [0.25, 0.3) is 0 Å². The molecule has 27 heavy (non-hydrogen) atoms. The van der Waals surface area contributed by atoms with Crippen molar-refractivity contribution in [2.24, 2.45) is 0 Å². The third-order valence-corrected chi connectivity index (χ3v) is 4.95. The van der Waals surface area contributed by atoms with Crippen LogP contribution in [0, 0.1) is 19.5 Å². The highest BCUT2D eigenvalue weighted by atomic mass is 127. The Balaban J connectivity index is 2.08. The summed E-state index contributed by atoms with van der Waals surface area (Å²) in [5.41, 5.74) is 0.791. The predicted molar refractivity (Wildman–Crippen MR) is 115 cm³/mol. The maximum Gasteiger partial charge on any atom is 0.296 e. The zero-order chi connectivity index (χ0) is 19.6. The van der Waals surface area contributed by atoms with E-state index in [2.05, 4.69) is 27.9 Å². The number of hydrogen-bond acceptors (Lipinski definition) is 4. The molecule has 0 saturated carbocycles. The van der Waals surface area contributed by atoms with Crippen molar-refractivity contribution in [2.45, 2.75) is 0 Å². The molecule has 3 aromatic rings. The van der Waals surface area contributed by atoms with E-state index in [1.807, 2.05) is 12.1 Å². The molecule has 5 nitrogen and oxygen atoms in total. The summed E-state index contributed by atoms with van der Waals surface area (Å²) in [5, 5.41) is 14.8. The van der Waals surface area contributed by atoms with E-state index in [-0.39, 0.29) is 17.1 Å². The van der Waals surface area contributed by atoms with Crippen molar-refractivity contribution in [3.8, 4) is 0 Å². The van der Waals surface area contributed by atoms with Crippen LogP contribution >= 0.6 is 34.2 Å². The van der Waals surface area contributed by atoms with E-state index in [1.165, 1.54) is 17.0 Å². The van der Waals surface area contributed by atoms with Gasteiger partial charge in [0.05, 0.1) is 21.3 Å². The summed E-state index contributed by atoms with van der Waals surface area (Å²) in [7, 11) is 1.59. The van der Waals surface area contributed by atoms with Gasteiger partial charge in [-0.2, -0.15) is 0 Å². The smallest absolute Gasteiger partial charge is 0.296 e. The Bertz CT molecular complexity index is 1000. The van der Waals surface area contributed by atoms with Gasteiger partial charge in [-0.1, -0.05) is 29.8 Å². The van der Waals surface area contributed by atoms with Crippen LogP contribution < -0.4 is 10.2 Å². The topological polar surface area (TPSA) is 58.4 Å². The number of nitrogens with zero attached hydrogens (tertiary/aromatic N) is 2. The highest BCUT2D eigenvalue weighted by Gasteiger charge is 2.25. The number of nitro benzene ring substituents is 1. The first-order chi connectivity index (χ1) is 12.9. The maximum absolute atomic E-state index is 15.3. The Kier molecular flexibility index (Phi) is 5.81. The summed E-state index contributed by atoms with van der Waals surface area (Å²) in [6, 6.07) is 16.8. The molecule has 0 aliphatic carbocycles. The van der Waals surface area contributed by atoms with Crippen LogP contribution in [0.4, 0.5) is 32.8 Å². The average Bonchev–Trinajstić information content (AvgIpc) is 2.65. The van der Waals surface area contributed by atoms with Gasteiger partial charge in [0, 0.05) is 22.4 Å². The van der Waals surface area contributed by atoms with E-state index in [4.69, 9.17) is 11.6 Å². The number of para-hydroxylation sites is 1. The van der Waals surface area contributed by atoms with Crippen molar-refractivity contribution in [1.82, 2.24) is 0 Å². The monoisotopic (exact) mass is 497 g/mol. The molecule has 0 atom stereocenters. The number of benzene rings is 3. The molecule has 0 aliphatic rings. The lowest BCUT2D eigenvalue weighted by Crippen LogP contribution is -2.14. The van der Waals surface area contributed by atoms with E-state index in [1.54, 1.807) is 43.4 Å². The molecule has 1 N–H and O–H groups in total. The largest absolute Gasteiger partial charge is 0.352 e. The van der Waals surface area contributed by atoms with Crippen molar-refractivity contribution in [1.29, 1.82) is 0 Å². The normalized spacial score (nSPS) is 10.5. The van der Waals surface area contributed by atoms with Gasteiger partial charge in [-0.25, -0.2) is 4.39 Å². The lowest BCUT2D eigenvalue weighted by molar-refractivity contribution is -0.384. The number of hydrogen-bond donors (Lipinski definition) is 1. The molecule has 3 rings (SSSR count). The van der Waals surface area contributed by atoms with Gasteiger partial charge >= 0.3 is 0 Å². The first-order valence-electron chi connectivity index (χ1n) is 7.86. The molecule has 0 spiro atoms. The van der Waals surface area contributed by atoms with Gasteiger partial charge in [-0.3, -0.25) is 10.1 Å². The molecular weight excluding hydrogens is 484 g/mol. The lowest BCUT2D eigenvalue weighted by atomic mass is 10.1. The Morgan fingerprint density at radius 3 is 2.41 bits per heavy atom. The Morgan fingerprint density at radius 2 is 1.78 bits per heavy atom. The molecule has 0 bridgehead atoms. The van der Waals surface area contributed by atoms with Crippen molar-refractivity contribution in [3.63, 3.8) is 0 Å². The van der Waals surface area contributed by atoms with Gasteiger partial charge in [0.25, 0.3) is 5.69 Å². The highest BCUT2D eigenvalue weighted by Crippen LogP contribution is 2.39. The molecule has 0 aliphatic heterocycles. The van der Waals surface area contributed by atoms with Gasteiger partial charge in [0.2, 0.25) is 0 Å². The standard InChI is InChI=1S/C19H14ClFIN3O2/c1-24(13-5-3-2-4-6-13)19-17(25(26)27)10-9-16(18(19)21)23-15-8-7-12(22)11-14(15)20/h2-11,23H,1H3. The molecule has 138 valence electrons. The second kappa shape index (κ2) is 8.10. The van der Waals surface area contributed by atoms with E-state index >= 15 is 4.39 Å². The van der Waals surface area contributed by atoms with Gasteiger partial charge in [0.15, 0.2) is 11.5 Å². The minimum atomic E-state index is -0.731. The summed E-state index contributed by atoms with van der Waals surface area (Å²) in [5.74, 6) is -0.731. The van der Waals surface area contributed by atoms with Crippen molar-refractivity contribution < 1.29 is 9.31 Å². The van der Waals surface area contributed by atoms with Crippen LogP contribution in [0.15, 0.2) is 60.7 Å². The maximum atomic E-state index is 15.3. The second-order valence-corrected chi connectivity index (χ2v) is 7.35. The fourth-order valence-electron chi connectivity index (χ4n) is 2.63. The predicted octanol–water partition coefficient (Wildman–Crippen LogP) is 6.50. The fraction of sp³-hybridized carbons (Fsp3) is 0.0526. The Labute approximate surface area is 174 Å². The van der Waals surface area contributed by atoms with E-state index in [0.717, 1.165) is 3.57 Å². The summed E-state index contributed by atoms with van der Waals surface area (Å²) in [6.45, 7) is 0. The number of halogens is 3. The molecule has 3 aromatic carbocycles.